The third-order valence-corrected chi connectivity index (χ3v) is 7.03. The average molecular weight is 597 g/mol. The van der Waals surface area contributed by atoms with Gasteiger partial charge in [0.25, 0.3) is 10.1 Å². The van der Waals surface area contributed by atoms with Gasteiger partial charge in [0, 0.05) is 23.9 Å². The maximum Gasteiger partial charge on any atom is 0.414 e. The van der Waals surface area contributed by atoms with Crippen LogP contribution in [0, 0.1) is 17.0 Å². The molecule has 3 aromatic rings. The number of ether oxygens (including phenoxy) is 2. The molecule has 42 heavy (non-hydrogen) atoms. The van der Waals surface area contributed by atoms with Gasteiger partial charge in [-0.1, -0.05) is 48.9 Å². The minimum absolute atomic E-state index is 0.0552. The van der Waals surface area contributed by atoms with Crippen molar-refractivity contribution in [2.24, 2.45) is 0 Å². The summed E-state index contributed by atoms with van der Waals surface area (Å²) >= 11 is 0. The highest BCUT2D eigenvalue weighted by atomic mass is 32.2. The molecule has 0 radical (unpaired) electrons. The molecule has 0 aliphatic heterocycles. The van der Waals surface area contributed by atoms with E-state index in [-0.39, 0.29) is 21.9 Å². The van der Waals surface area contributed by atoms with Crippen LogP contribution in [0.1, 0.15) is 69.4 Å². The molecule has 0 saturated carbocycles. The zero-order valence-electron chi connectivity index (χ0n) is 24.5. The smallest absolute Gasteiger partial charge is 0.414 e. The van der Waals surface area contributed by atoms with Crippen LogP contribution in [0.25, 0.3) is 12.2 Å². The Morgan fingerprint density at radius 1 is 1.05 bits per heavy atom. The number of nitrogens with zero attached hydrogens (tertiary/aromatic N) is 2. The molecule has 1 atom stereocenters. The van der Waals surface area contributed by atoms with Gasteiger partial charge in [-0.05, 0) is 82.5 Å². The second-order valence-corrected chi connectivity index (χ2v) is 12.2. The Morgan fingerprint density at radius 3 is 2.24 bits per heavy atom. The summed E-state index contributed by atoms with van der Waals surface area (Å²) in [5.41, 5.74) is 2.13. The predicted octanol–water partition coefficient (Wildman–Crippen LogP) is 7.61. The van der Waals surface area contributed by atoms with Crippen LogP contribution in [0.2, 0.25) is 0 Å². The Labute approximate surface area is 246 Å². The Morgan fingerprint density at radius 2 is 1.67 bits per heavy atom. The summed E-state index contributed by atoms with van der Waals surface area (Å²) in [6.45, 7) is 11.2. The minimum atomic E-state index is -4.54. The van der Waals surface area contributed by atoms with E-state index in [1.54, 1.807) is 43.0 Å². The number of benzene rings is 3. The van der Waals surface area contributed by atoms with Crippen LogP contribution >= 0.6 is 0 Å². The summed E-state index contributed by atoms with van der Waals surface area (Å²) in [6.07, 6.45) is 2.97. The summed E-state index contributed by atoms with van der Waals surface area (Å²) in [5.74, 6) is -0.0552. The molecule has 0 bridgehead atoms. The topological polar surface area (TPSA) is 136 Å². The first kappa shape index (κ1) is 32.3. The monoisotopic (exact) mass is 596 g/mol. The van der Waals surface area contributed by atoms with Crippen LogP contribution in [0.5, 0.6) is 5.75 Å². The van der Waals surface area contributed by atoms with Gasteiger partial charge in [0.05, 0.1) is 4.92 Å². The van der Waals surface area contributed by atoms with Crippen molar-refractivity contribution in [1.29, 1.82) is 0 Å². The van der Waals surface area contributed by atoms with Crippen molar-refractivity contribution in [3.63, 3.8) is 0 Å². The fraction of sp³-hybridized carbons (Fsp3) is 0.323. The molecule has 1 N–H and O–H groups in total. The zero-order valence-corrected chi connectivity index (χ0v) is 25.3. The number of carbonyl (C=O) groups excluding carboxylic acids is 1. The van der Waals surface area contributed by atoms with Crippen LogP contribution in [0.15, 0.2) is 65.6 Å². The highest BCUT2D eigenvalue weighted by Gasteiger charge is 2.25. The SMILES string of the molecule is CCCN(C(=O)OC(C)(C)C)c1ccc(/C=C/c2ccc([N+](=O)[O-])c(OC(C)c3cc(C)ccc3S(=O)(=O)O)c2)cc1. The molecule has 0 heterocycles. The van der Waals surface area contributed by atoms with Crippen molar-refractivity contribution in [1.82, 2.24) is 0 Å². The lowest BCUT2D eigenvalue weighted by atomic mass is 10.1. The first-order valence-corrected chi connectivity index (χ1v) is 14.8. The van der Waals surface area contributed by atoms with Gasteiger partial charge in [-0.3, -0.25) is 19.6 Å². The molecular formula is C31H36N2O8S. The van der Waals surface area contributed by atoms with E-state index in [2.05, 4.69) is 0 Å². The van der Waals surface area contributed by atoms with Gasteiger partial charge in [0.1, 0.15) is 16.6 Å². The number of hydrogen-bond acceptors (Lipinski definition) is 7. The van der Waals surface area contributed by atoms with E-state index in [0.717, 1.165) is 17.5 Å². The van der Waals surface area contributed by atoms with Gasteiger partial charge >= 0.3 is 11.8 Å². The maximum absolute atomic E-state index is 12.7. The van der Waals surface area contributed by atoms with Gasteiger partial charge in [0.2, 0.25) is 0 Å². The zero-order chi connectivity index (χ0) is 31.2. The maximum atomic E-state index is 12.7. The molecule has 0 aromatic heterocycles. The normalized spacial score (nSPS) is 12.6. The summed E-state index contributed by atoms with van der Waals surface area (Å²) in [7, 11) is -4.54. The minimum Gasteiger partial charge on any atom is -0.479 e. The van der Waals surface area contributed by atoms with Crippen LogP contribution in [-0.4, -0.2) is 36.1 Å². The molecule has 0 aliphatic carbocycles. The van der Waals surface area contributed by atoms with Crippen molar-refractivity contribution in [3.05, 3.63) is 93.0 Å². The van der Waals surface area contributed by atoms with E-state index < -0.39 is 32.8 Å². The molecule has 0 aliphatic rings. The standard InChI is InChI=1S/C31H36N2O8S/c1-7-18-32(30(34)41-31(4,5)6)25-14-11-23(12-15-25)9-10-24-13-16-27(33(35)36)28(20-24)40-22(3)26-19-21(2)8-17-29(26)42(37,38)39/h8-17,19-20,22H,7,18H2,1-6H3,(H,37,38,39)/b10-9+. The van der Waals surface area contributed by atoms with E-state index in [0.29, 0.717) is 17.8 Å². The van der Waals surface area contributed by atoms with Crippen LogP contribution in [0.4, 0.5) is 16.2 Å². The highest BCUT2D eigenvalue weighted by Crippen LogP contribution is 2.34. The van der Waals surface area contributed by atoms with Crippen LogP contribution in [0.3, 0.4) is 0 Å². The number of nitro benzene ring substituents is 1. The van der Waals surface area contributed by atoms with E-state index in [1.165, 1.54) is 18.2 Å². The van der Waals surface area contributed by atoms with Crippen molar-refractivity contribution < 1.29 is 32.2 Å². The number of hydrogen-bond donors (Lipinski definition) is 1. The lowest BCUT2D eigenvalue weighted by Crippen LogP contribution is -2.37. The van der Waals surface area contributed by atoms with Crippen LogP contribution in [-0.2, 0) is 14.9 Å². The van der Waals surface area contributed by atoms with E-state index in [9.17, 15) is 27.9 Å². The number of carbonyl (C=O) groups is 1. The van der Waals surface area contributed by atoms with E-state index in [4.69, 9.17) is 9.47 Å². The summed E-state index contributed by atoms with van der Waals surface area (Å²) in [5, 5.41) is 11.7. The van der Waals surface area contributed by atoms with E-state index in [1.807, 2.05) is 58.0 Å². The summed E-state index contributed by atoms with van der Waals surface area (Å²) < 4.78 is 44.9. The molecule has 10 nitrogen and oxygen atoms in total. The molecule has 0 spiro atoms. The summed E-state index contributed by atoms with van der Waals surface area (Å²) in [4.78, 5) is 25.1. The molecule has 1 unspecified atom stereocenters. The van der Waals surface area contributed by atoms with Crippen LogP contribution < -0.4 is 9.64 Å². The first-order valence-electron chi connectivity index (χ1n) is 13.4. The Balaban J connectivity index is 1.86. The van der Waals surface area contributed by atoms with Gasteiger partial charge in [-0.2, -0.15) is 8.42 Å². The third kappa shape index (κ3) is 8.64. The molecular weight excluding hydrogens is 560 g/mol. The molecule has 0 saturated heterocycles. The quantitative estimate of drug-likeness (QED) is 0.109. The first-order chi connectivity index (χ1) is 19.6. The molecule has 0 fully saturated rings. The molecule has 1 amide bonds. The predicted molar refractivity (Wildman–Crippen MR) is 162 cm³/mol. The molecule has 3 rings (SSSR count). The number of rotatable bonds is 10. The second kappa shape index (κ2) is 13.2. The fourth-order valence-electron chi connectivity index (χ4n) is 4.18. The Bertz CT molecular complexity index is 1580. The number of aryl methyl sites for hydroxylation is 1. The lowest BCUT2D eigenvalue weighted by molar-refractivity contribution is -0.386. The van der Waals surface area contributed by atoms with Gasteiger partial charge < -0.3 is 9.47 Å². The van der Waals surface area contributed by atoms with Gasteiger partial charge in [0.15, 0.2) is 5.75 Å². The number of anilines is 1. The van der Waals surface area contributed by atoms with E-state index >= 15 is 0 Å². The molecule has 11 heteroatoms. The second-order valence-electron chi connectivity index (χ2n) is 10.8. The van der Waals surface area contributed by atoms with Crippen molar-refractivity contribution in [2.75, 3.05) is 11.4 Å². The van der Waals surface area contributed by atoms with Crippen molar-refractivity contribution in [3.8, 4) is 5.75 Å². The summed E-state index contributed by atoms with van der Waals surface area (Å²) in [6, 6.07) is 16.1. The molecule has 224 valence electrons. The van der Waals surface area contributed by atoms with Gasteiger partial charge in [-0.25, -0.2) is 4.79 Å². The third-order valence-electron chi connectivity index (χ3n) is 6.10. The van der Waals surface area contributed by atoms with Crippen molar-refractivity contribution in [2.45, 2.75) is 64.6 Å². The molecule has 3 aromatic carbocycles. The highest BCUT2D eigenvalue weighted by molar-refractivity contribution is 7.85. The van der Waals surface area contributed by atoms with Crippen molar-refractivity contribution >= 4 is 39.7 Å². The Kier molecular flexibility index (Phi) is 10.1. The number of amides is 1. The lowest BCUT2D eigenvalue weighted by Gasteiger charge is -2.27. The largest absolute Gasteiger partial charge is 0.479 e. The average Bonchev–Trinajstić information content (AvgIpc) is 2.89. The Hall–Kier alpha value is -4.22. The van der Waals surface area contributed by atoms with Gasteiger partial charge in [-0.15, -0.1) is 0 Å². The number of nitro groups is 1. The fourth-order valence-corrected chi connectivity index (χ4v) is 4.94.